The van der Waals surface area contributed by atoms with Crippen LogP contribution >= 0.6 is 0 Å². The van der Waals surface area contributed by atoms with Crippen LogP contribution in [0.5, 0.6) is 17.2 Å². The van der Waals surface area contributed by atoms with Crippen molar-refractivity contribution >= 4 is 38.0 Å². The van der Waals surface area contributed by atoms with E-state index in [4.69, 9.17) is 24.2 Å². The van der Waals surface area contributed by atoms with Crippen molar-refractivity contribution in [2.45, 2.75) is 87.5 Å². The smallest absolute Gasteiger partial charge is 0.273 e. The van der Waals surface area contributed by atoms with Crippen LogP contribution in [0.25, 0.3) is 10.9 Å². The number of nitrogens with zero attached hydrogens (tertiary/aromatic N) is 5. The van der Waals surface area contributed by atoms with Crippen molar-refractivity contribution in [3.63, 3.8) is 0 Å². The molecule has 8 rings (SSSR count). The Morgan fingerprint density at radius 3 is 2.37 bits per heavy atom. The molecule has 3 aliphatic rings. The third kappa shape index (κ3) is 10.2. The van der Waals surface area contributed by atoms with Gasteiger partial charge in [0.1, 0.15) is 28.8 Å². The topological polar surface area (TPSA) is 226 Å². The fourth-order valence-corrected chi connectivity index (χ4v) is 12.4. The Labute approximate surface area is 406 Å². The molecule has 0 bridgehead atoms. The molecule has 1 aliphatic heterocycles. The molecule has 0 amide bonds. The normalized spacial score (nSPS) is 22.1. The van der Waals surface area contributed by atoms with Crippen LogP contribution in [0.2, 0.25) is 0 Å². The molecule has 70 heavy (non-hydrogen) atoms. The summed E-state index contributed by atoms with van der Waals surface area (Å²) in [7, 11) is -4.41. The molecule has 368 valence electrons. The minimum atomic E-state index is -4.41. The number of benzene rings is 4. The number of pyridine rings is 1. The minimum absolute atomic E-state index is 0.0108. The van der Waals surface area contributed by atoms with Gasteiger partial charge >= 0.3 is 0 Å². The van der Waals surface area contributed by atoms with Crippen LogP contribution in [0.4, 0.5) is 11.4 Å². The van der Waals surface area contributed by atoms with Crippen LogP contribution < -0.4 is 9.47 Å². The van der Waals surface area contributed by atoms with Gasteiger partial charge in [-0.05, 0) is 104 Å². The summed E-state index contributed by atoms with van der Waals surface area (Å²) < 4.78 is 53.5. The van der Waals surface area contributed by atoms with Gasteiger partial charge in [0.2, 0.25) is 15.8 Å². The summed E-state index contributed by atoms with van der Waals surface area (Å²) >= 11 is 0. The number of nitro groups is 2. The third-order valence-electron chi connectivity index (χ3n) is 13.4. The number of rotatable bonds is 23. The lowest BCUT2D eigenvalue weighted by molar-refractivity contribution is -0.385. The summed E-state index contributed by atoms with van der Waals surface area (Å²) in [4.78, 5) is 32.9. The Hall–Kier alpha value is -6.57. The van der Waals surface area contributed by atoms with Crippen LogP contribution in [0.3, 0.4) is 0 Å². The van der Waals surface area contributed by atoms with Gasteiger partial charge in [-0.1, -0.05) is 61.3 Å². The lowest BCUT2D eigenvalue weighted by Gasteiger charge is -2.59. The van der Waals surface area contributed by atoms with Crippen LogP contribution in [0.1, 0.15) is 75.3 Å². The van der Waals surface area contributed by atoms with Gasteiger partial charge in [0.25, 0.3) is 11.4 Å². The first kappa shape index (κ1) is 49.8. The third-order valence-corrected chi connectivity index (χ3v) is 15.4. The molecular weight excluding hydrogens is 919 g/mol. The molecule has 2 N–H and O–H groups in total. The van der Waals surface area contributed by atoms with E-state index in [-0.39, 0.29) is 73.2 Å². The zero-order valence-electron chi connectivity index (χ0n) is 38.9. The SMILES string of the molecule is C=CCO[C@@]12Oc3ccc(Oc4cccc([N+](=O)[O-])c4)cc3[C@H]3[C@H](CCCCO)[C@@H](CCCCO)C=C(C(=NOCc4ccc([N+](=O)[O-])cc4)C[C@@H]1N(CCC)S(=O)(=O)c1cccc4cccnc14)[C@H]32. The van der Waals surface area contributed by atoms with Gasteiger partial charge in [-0.25, -0.2) is 8.42 Å². The first-order valence-corrected chi connectivity index (χ1v) is 25.1. The molecule has 6 atom stereocenters. The summed E-state index contributed by atoms with van der Waals surface area (Å²) in [6, 6.07) is 24.7. The minimum Gasteiger partial charge on any atom is -0.460 e. The van der Waals surface area contributed by atoms with Crippen LogP contribution in [-0.2, 0) is 26.2 Å². The molecule has 18 heteroatoms. The Bertz CT molecular complexity index is 2870. The number of fused-ring (bicyclic) bond motifs is 3. The average molecular weight is 976 g/mol. The average Bonchev–Trinajstić information content (AvgIpc) is 3.36. The number of hydrogen-bond donors (Lipinski definition) is 2. The zero-order chi connectivity index (χ0) is 49.4. The molecule has 5 aromatic rings. The number of sulfonamides is 1. The van der Waals surface area contributed by atoms with Crippen molar-refractivity contribution < 1.29 is 47.5 Å². The molecule has 2 heterocycles. The van der Waals surface area contributed by atoms with Gasteiger partial charge in [0, 0.05) is 67.4 Å². The highest BCUT2D eigenvalue weighted by atomic mass is 32.2. The van der Waals surface area contributed by atoms with Crippen molar-refractivity contribution in [3.05, 3.63) is 159 Å². The quantitative estimate of drug-likeness (QED) is 0.0269. The Kier molecular flexibility index (Phi) is 15.7. The van der Waals surface area contributed by atoms with Crippen molar-refractivity contribution in [1.82, 2.24) is 9.29 Å². The maximum atomic E-state index is 15.6. The summed E-state index contributed by atoms with van der Waals surface area (Å²) in [5.74, 6) is -2.13. The number of aliphatic hydroxyl groups excluding tert-OH is 2. The van der Waals surface area contributed by atoms with Crippen molar-refractivity contribution in [1.29, 1.82) is 0 Å². The molecule has 0 saturated heterocycles. The largest absolute Gasteiger partial charge is 0.460 e. The second kappa shape index (κ2) is 22.0. The van der Waals surface area contributed by atoms with E-state index in [0.29, 0.717) is 78.6 Å². The van der Waals surface area contributed by atoms with E-state index < -0.39 is 43.5 Å². The Morgan fingerprint density at radius 1 is 0.914 bits per heavy atom. The van der Waals surface area contributed by atoms with E-state index in [1.54, 1.807) is 66.9 Å². The summed E-state index contributed by atoms with van der Waals surface area (Å²) in [5, 5.41) is 48.7. The van der Waals surface area contributed by atoms with Gasteiger partial charge in [0.05, 0.1) is 45.7 Å². The number of para-hydroxylation sites is 1. The maximum Gasteiger partial charge on any atom is 0.273 e. The second-order valence-electron chi connectivity index (χ2n) is 17.8. The van der Waals surface area contributed by atoms with Gasteiger partial charge in [0.15, 0.2) is 0 Å². The van der Waals surface area contributed by atoms with Gasteiger partial charge < -0.3 is 29.3 Å². The molecule has 0 radical (unpaired) electrons. The molecule has 17 nitrogen and oxygen atoms in total. The van der Waals surface area contributed by atoms with Crippen molar-refractivity contribution in [3.8, 4) is 17.2 Å². The van der Waals surface area contributed by atoms with E-state index >= 15 is 8.42 Å². The molecule has 1 fully saturated rings. The predicted molar refractivity (Wildman–Crippen MR) is 262 cm³/mol. The Balaban J connectivity index is 1.36. The summed E-state index contributed by atoms with van der Waals surface area (Å²) in [5.41, 5.74) is 2.66. The maximum absolute atomic E-state index is 15.6. The molecular formula is C52H57N5O12S. The standard InChI is InChI=1S/C52H57N5O12S/c1-3-26-55(70(64,65)47-18-9-13-36-14-11-25-53-51(36)47)48-33-45(54-67-34-35-19-21-38(22-20-35)56(60)61)43-30-37(12-5-7-27-58)42(17-6-8-28-59)49-44-32-41(68-40-16-10-15-39(31-40)57(62)63)23-24-46(44)69-52(48,50(43)49)66-29-4-2/h4,9-11,13-16,18-25,30-32,37,42,48-50,58-59H,2-3,5-8,12,17,26-29,33-34H2,1H3/t37-,42+,48-,49+,50+,52+/m0/s1. The monoisotopic (exact) mass is 975 g/mol. The first-order valence-electron chi connectivity index (χ1n) is 23.7. The highest BCUT2D eigenvalue weighted by molar-refractivity contribution is 7.89. The van der Waals surface area contributed by atoms with Crippen molar-refractivity contribution in [2.75, 3.05) is 26.4 Å². The summed E-state index contributed by atoms with van der Waals surface area (Å²) in [6.07, 6.45) is 9.54. The number of nitro benzene ring substituents is 2. The molecule has 0 spiro atoms. The van der Waals surface area contributed by atoms with E-state index in [0.717, 1.165) is 11.1 Å². The fraction of sp³-hybridized carbons (Fsp3) is 0.385. The highest BCUT2D eigenvalue weighted by Crippen LogP contribution is 2.62. The van der Waals surface area contributed by atoms with E-state index in [1.165, 1.54) is 28.6 Å². The molecule has 2 aliphatic carbocycles. The lowest BCUT2D eigenvalue weighted by Crippen LogP contribution is -2.70. The van der Waals surface area contributed by atoms with Gasteiger partial charge in [-0.2, -0.15) is 4.31 Å². The number of ether oxygens (including phenoxy) is 3. The Morgan fingerprint density at radius 2 is 1.64 bits per heavy atom. The van der Waals surface area contributed by atoms with Crippen molar-refractivity contribution in [2.24, 2.45) is 22.9 Å². The van der Waals surface area contributed by atoms with E-state index in [2.05, 4.69) is 17.6 Å². The molecule has 4 aromatic carbocycles. The van der Waals surface area contributed by atoms with Crippen LogP contribution in [-0.4, -0.2) is 81.7 Å². The summed E-state index contributed by atoms with van der Waals surface area (Å²) in [6.45, 7) is 5.88. The first-order chi connectivity index (χ1) is 33.9. The molecule has 1 aromatic heterocycles. The van der Waals surface area contributed by atoms with Gasteiger partial charge in [-0.15, -0.1) is 6.58 Å². The molecule has 0 unspecified atom stereocenters. The lowest BCUT2D eigenvalue weighted by atomic mass is 9.55. The highest BCUT2D eigenvalue weighted by Gasteiger charge is 2.66. The number of allylic oxidation sites excluding steroid dienone is 1. The second-order valence-corrected chi connectivity index (χ2v) is 19.6. The number of oxime groups is 1. The number of unbranched alkanes of at least 4 members (excludes halogenated alkanes) is 2. The van der Waals surface area contributed by atoms with E-state index in [9.17, 15) is 30.4 Å². The molecule has 1 saturated carbocycles. The fourth-order valence-electron chi connectivity index (χ4n) is 10.5. The number of aliphatic hydroxyl groups is 2. The number of non-ortho nitro benzene ring substituents is 2. The zero-order valence-corrected chi connectivity index (χ0v) is 39.7. The van der Waals surface area contributed by atoms with Gasteiger partial charge in [-0.3, -0.25) is 25.2 Å². The van der Waals surface area contributed by atoms with Crippen LogP contribution in [0.15, 0.2) is 138 Å². The predicted octanol–water partition coefficient (Wildman–Crippen LogP) is 9.78. The van der Waals surface area contributed by atoms with E-state index in [1.807, 2.05) is 25.1 Å². The van der Waals surface area contributed by atoms with Crippen LogP contribution in [0, 0.1) is 38.0 Å². The number of aromatic nitrogens is 1. The number of hydrogen-bond acceptors (Lipinski definition) is 14.